The highest BCUT2D eigenvalue weighted by Crippen LogP contribution is 2.19. The first-order valence-corrected chi connectivity index (χ1v) is 10.5. The van der Waals surface area contributed by atoms with E-state index in [1.165, 1.54) is 0 Å². The third-order valence-electron chi connectivity index (χ3n) is 5.70. The van der Waals surface area contributed by atoms with Gasteiger partial charge in [0.2, 0.25) is 5.91 Å². The molecular weight excluding hydrogens is 390 g/mol. The molecule has 1 unspecified atom stereocenters. The fraction of sp³-hybridized carbons (Fsp3) is 0.292. The first-order valence-electron chi connectivity index (χ1n) is 10.5. The summed E-state index contributed by atoms with van der Waals surface area (Å²) in [6.07, 6.45) is 3.61. The lowest BCUT2D eigenvalue weighted by Crippen LogP contribution is -2.59. The van der Waals surface area contributed by atoms with E-state index in [-0.39, 0.29) is 17.9 Å². The van der Waals surface area contributed by atoms with Gasteiger partial charge in [0, 0.05) is 51.2 Å². The van der Waals surface area contributed by atoms with E-state index in [9.17, 15) is 9.59 Å². The molecule has 0 saturated carbocycles. The van der Waals surface area contributed by atoms with E-state index in [1.54, 1.807) is 22.8 Å². The Balaban J connectivity index is 1.52. The molecule has 1 aliphatic heterocycles. The summed E-state index contributed by atoms with van der Waals surface area (Å²) in [6.45, 7) is 2.79. The van der Waals surface area contributed by atoms with E-state index >= 15 is 0 Å². The smallest absolute Gasteiger partial charge is 0.254 e. The Bertz CT molecular complexity index is 1020. The number of aromatic nitrogens is 2. The summed E-state index contributed by atoms with van der Waals surface area (Å²) >= 11 is 0. The van der Waals surface area contributed by atoms with Crippen molar-refractivity contribution >= 4 is 11.8 Å². The van der Waals surface area contributed by atoms with E-state index in [1.807, 2.05) is 54.7 Å². The van der Waals surface area contributed by atoms with Gasteiger partial charge in [0.15, 0.2) is 0 Å². The Morgan fingerprint density at radius 1 is 1.00 bits per heavy atom. The van der Waals surface area contributed by atoms with Crippen LogP contribution >= 0.6 is 0 Å². The molecule has 7 heteroatoms. The predicted molar refractivity (Wildman–Crippen MR) is 118 cm³/mol. The van der Waals surface area contributed by atoms with E-state index in [4.69, 9.17) is 0 Å². The van der Waals surface area contributed by atoms with Crippen LogP contribution in [0.3, 0.4) is 0 Å². The molecule has 1 N–H and O–H groups in total. The van der Waals surface area contributed by atoms with Gasteiger partial charge in [-0.3, -0.25) is 19.2 Å². The molecule has 0 radical (unpaired) electrons. The molecule has 3 aromatic rings. The molecule has 4 rings (SSSR count). The number of carbonyl (C=O) groups is 2. The Hall–Kier alpha value is -3.45. The molecule has 31 heavy (non-hydrogen) atoms. The number of rotatable bonds is 6. The molecule has 1 saturated heterocycles. The van der Waals surface area contributed by atoms with Crippen LogP contribution in [-0.2, 0) is 17.9 Å². The topological polar surface area (TPSA) is 70.5 Å². The van der Waals surface area contributed by atoms with Gasteiger partial charge in [-0.15, -0.1) is 0 Å². The molecule has 160 valence electrons. The second-order valence-corrected chi connectivity index (χ2v) is 7.70. The lowest BCUT2D eigenvalue weighted by molar-refractivity contribution is -0.128. The van der Waals surface area contributed by atoms with Crippen LogP contribution < -0.4 is 5.32 Å². The normalized spacial score (nSPS) is 16.8. The van der Waals surface area contributed by atoms with Crippen molar-refractivity contribution in [2.24, 2.45) is 0 Å². The van der Waals surface area contributed by atoms with Crippen LogP contribution in [0.25, 0.3) is 0 Å². The zero-order valence-corrected chi connectivity index (χ0v) is 17.6. The van der Waals surface area contributed by atoms with Gasteiger partial charge in [0.1, 0.15) is 6.04 Å². The summed E-state index contributed by atoms with van der Waals surface area (Å²) < 4.78 is 1.80. The van der Waals surface area contributed by atoms with Crippen molar-refractivity contribution in [1.82, 2.24) is 24.9 Å². The maximum atomic E-state index is 13.4. The SMILES string of the molecule is CNC(=O)C1CN(C(=O)c2ccccc2Cn2cccn2)CCN1Cc1ccccc1. The number of benzene rings is 2. The summed E-state index contributed by atoms with van der Waals surface area (Å²) in [4.78, 5) is 30.0. The van der Waals surface area contributed by atoms with Crippen LogP contribution in [0.15, 0.2) is 73.1 Å². The van der Waals surface area contributed by atoms with E-state index in [0.717, 1.165) is 11.1 Å². The third-order valence-corrected chi connectivity index (χ3v) is 5.70. The van der Waals surface area contributed by atoms with Crippen molar-refractivity contribution in [3.8, 4) is 0 Å². The quantitative estimate of drug-likeness (QED) is 0.666. The fourth-order valence-corrected chi connectivity index (χ4v) is 4.03. The fourth-order valence-electron chi connectivity index (χ4n) is 4.03. The van der Waals surface area contributed by atoms with Gasteiger partial charge >= 0.3 is 0 Å². The number of amides is 2. The number of hydrogen-bond acceptors (Lipinski definition) is 4. The largest absolute Gasteiger partial charge is 0.358 e. The summed E-state index contributed by atoms with van der Waals surface area (Å²) in [5, 5.41) is 7.01. The van der Waals surface area contributed by atoms with Gasteiger partial charge in [-0.1, -0.05) is 48.5 Å². The van der Waals surface area contributed by atoms with Gasteiger partial charge in [-0.05, 0) is 23.3 Å². The van der Waals surface area contributed by atoms with Crippen LogP contribution in [-0.4, -0.2) is 64.1 Å². The molecule has 0 bridgehead atoms. The molecule has 7 nitrogen and oxygen atoms in total. The summed E-state index contributed by atoms with van der Waals surface area (Å²) in [7, 11) is 1.64. The summed E-state index contributed by atoms with van der Waals surface area (Å²) in [6, 6.07) is 19.2. The van der Waals surface area contributed by atoms with Crippen LogP contribution in [0.1, 0.15) is 21.5 Å². The third kappa shape index (κ3) is 4.83. The molecule has 1 aromatic heterocycles. The Morgan fingerprint density at radius 3 is 2.52 bits per heavy atom. The number of nitrogens with zero attached hydrogens (tertiary/aromatic N) is 4. The summed E-state index contributed by atoms with van der Waals surface area (Å²) in [5.41, 5.74) is 2.73. The number of piperazine rings is 1. The molecule has 0 aliphatic carbocycles. The van der Waals surface area contributed by atoms with Crippen molar-refractivity contribution in [3.05, 3.63) is 89.7 Å². The molecule has 1 aliphatic rings. The molecule has 2 amide bonds. The van der Waals surface area contributed by atoms with E-state index in [0.29, 0.717) is 38.3 Å². The number of carbonyl (C=O) groups excluding carboxylic acids is 2. The van der Waals surface area contributed by atoms with Gasteiger partial charge in [-0.25, -0.2) is 0 Å². The van der Waals surface area contributed by atoms with Crippen LogP contribution in [0.2, 0.25) is 0 Å². The molecule has 1 fully saturated rings. The van der Waals surface area contributed by atoms with Crippen molar-refractivity contribution in [3.63, 3.8) is 0 Å². The first-order chi connectivity index (χ1) is 15.2. The maximum Gasteiger partial charge on any atom is 0.254 e. The van der Waals surface area contributed by atoms with Crippen molar-refractivity contribution < 1.29 is 9.59 Å². The maximum absolute atomic E-state index is 13.4. The lowest BCUT2D eigenvalue weighted by atomic mass is 10.0. The second-order valence-electron chi connectivity index (χ2n) is 7.70. The predicted octanol–water partition coefficient (Wildman–Crippen LogP) is 2.00. The monoisotopic (exact) mass is 417 g/mol. The minimum absolute atomic E-state index is 0.0454. The minimum atomic E-state index is -0.388. The Labute approximate surface area is 182 Å². The number of hydrogen-bond donors (Lipinski definition) is 1. The van der Waals surface area contributed by atoms with Gasteiger partial charge in [0.25, 0.3) is 5.91 Å². The second kappa shape index (κ2) is 9.57. The first kappa shape index (κ1) is 20.8. The average Bonchev–Trinajstić information content (AvgIpc) is 3.32. The zero-order valence-electron chi connectivity index (χ0n) is 17.6. The highest BCUT2D eigenvalue weighted by Gasteiger charge is 2.34. The Morgan fingerprint density at radius 2 is 1.77 bits per heavy atom. The van der Waals surface area contributed by atoms with E-state index < -0.39 is 0 Å². The molecular formula is C24H27N5O2. The molecule has 1 atom stereocenters. The van der Waals surface area contributed by atoms with Crippen LogP contribution in [0, 0.1) is 0 Å². The zero-order chi connectivity index (χ0) is 21.6. The molecule has 2 heterocycles. The standard InChI is InChI=1S/C24H27N5O2/c1-25-23(30)22-18-28(15-14-27(22)16-19-8-3-2-4-9-19)24(31)21-11-6-5-10-20(21)17-29-13-7-12-26-29/h2-13,22H,14-18H2,1H3,(H,25,30). The summed E-state index contributed by atoms with van der Waals surface area (Å²) in [5.74, 6) is -0.116. The number of nitrogens with one attached hydrogen (secondary N) is 1. The van der Waals surface area contributed by atoms with Gasteiger partial charge < -0.3 is 10.2 Å². The van der Waals surface area contributed by atoms with Crippen LogP contribution in [0.5, 0.6) is 0 Å². The number of likely N-dealkylation sites (N-methyl/N-ethyl adjacent to an activating group) is 1. The highest BCUT2D eigenvalue weighted by molar-refractivity contribution is 5.96. The lowest BCUT2D eigenvalue weighted by Gasteiger charge is -2.40. The Kier molecular flexibility index (Phi) is 6.43. The van der Waals surface area contributed by atoms with Crippen molar-refractivity contribution in [1.29, 1.82) is 0 Å². The van der Waals surface area contributed by atoms with Crippen molar-refractivity contribution in [2.45, 2.75) is 19.1 Å². The highest BCUT2D eigenvalue weighted by atomic mass is 16.2. The molecule has 2 aromatic carbocycles. The van der Waals surface area contributed by atoms with E-state index in [2.05, 4.69) is 27.4 Å². The average molecular weight is 418 g/mol. The molecule has 0 spiro atoms. The van der Waals surface area contributed by atoms with Gasteiger partial charge in [0.05, 0.1) is 6.54 Å². The van der Waals surface area contributed by atoms with Gasteiger partial charge in [-0.2, -0.15) is 5.10 Å². The van der Waals surface area contributed by atoms with Crippen molar-refractivity contribution in [2.75, 3.05) is 26.7 Å². The minimum Gasteiger partial charge on any atom is -0.358 e. The van der Waals surface area contributed by atoms with Crippen LogP contribution in [0.4, 0.5) is 0 Å².